The van der Waals surface area contributed by atoms with Gasteiger partial charge in [-0.1, -0.05) is 53.8 Å². The zero-order valence-electron chi connectivity index (χ0n) is 14.4. The van der Waals surface area contributed by atoms with E-state index in [-0.39, 0.29) is 5.91 Å². The van der Waals surface area contributed by atoms with Crippen LogP contribution >= 0.6 is 11.3 Å². The number of hydrogen-bond donors (Lipinski definition) is 1. The standard InChI is InChI=1S/C19H15N5O2S/c1-26-15-10-6-5-9-14(15)17-21-22-19-24(17)23-18(27-19)20-16(25)12-11-13-7-3-2-4-8-13/h2-12H,1H3,(H,20,23,25)/b12-11+. The molecule has 0 saturated heterocycles. The number of aromatic nitrogens is 4. The van der Waals surface area contributed by atoms with Crippen molar-refractivity contribution in [2.75, 3.05) is 12.4 Å². The van der Waals surface area contributed by atoms with Gasteiger partial charge in [0.2, 0.25) is 16.0 Å². The molecule has 2 aromatic heterocycles. The lowest BCUT2D eigenvalue weighted by atomic mass is 10.2. The molecule has 0 spiro atoms. The number of nitrogens with one attached hydrogen (secondary N) is 1. The van der Waals surface area contributed by atoms with Gasteiger partial charge in [0.25, 0.3) is 0 Å². The molecule has 0 aliphatic rings. The molecule has 8 heteroatoms. The zero-order chi connectivity index (χ0) is 18.6. The van der Waals surface area contributed by atoms with Crippen molar-refractivity contribution in [1.29, 1.82) is 0 Å². The molecule has 7 nitrogen and oxygen atoms in total. The number of carbonyl (C=O) groups excluding carboxylic acids is 1. The van der Waals surface area contributed by atoms with Crippen molar-refractivity contribution in [3.05, 3.63) is 66.2 Å². The monoisotopic (exact) mass is 377 g/mol. The maximum absolute atomic E-state index is 12.1. The number of para-hydroxylation sites is 1. The SMILES string of the molecule is COc1ccccc1-c1nnc2sc(NC(=O)/C=C/c3ccccc3)nn12. The van der Waals surface area contributed by atoms with E-state index in [9.17, 15) is 4.79 Å². The van der Waals surface area contributed by atoms with E-state index in [0.29, 0.717) is 21.7 Å². The molecule has 0 aliphatic heterocycles. The summed E-state index contributed by atoms with van der Waals surface area (Å²) in [5.41, 5.74) is 1.73. The van der Waals surface area contributed by atoms with E-state index in [1.54, 1.807) is 17.7 Å². The summed E-state index contributed by atoms with van der Waals surface area (Å²) in [6.45, 7) is 0. The molecule has 0 fully saturated rings. The summed E-state index contributed by atoms with van der Waals surface area (Å²) in [7, 11) is 1.60. The highest BCUT2D eigenvalue weighted by Gasteiger charge is 2.16. The molecule has 0 unspecified atom stereocenters. The van der Waals surface area contributed by atoms with Gasteiger partial charge in [-0.3, -0.25) is 10.1 Å². The number of carbonyl (C=O) groups is 1. The van der Waals surface area contributed by atoms with Gasteiger partial charge in [0, 0.05) is 6.08 Å². The molecular weight excluding hydrogens is 362 g/mol. The number of ether oxygens (including phenoxy) is 1. The minimum atomic E-state index is -0.261. The van der Waals surface area contributed by atoms with Gasteiger partial charge in [0.1, 0.15) is 5.75 Å². The Labute approximate surface area is 158 Å². The molecule has 27 heavy (non-hydrogen) atoms. The molecule has 4 rings (SSSR count). The van der Waals surface area contributed by atoms with E-state index < -0.39 is 0 Å². The lowest BCUT2D eigenvalue weighted by Crippen LogP contribution is -2.08. The van der Waals surface area contributed by atoms with Crippen molar-refractivity contribution in [2.24, 2.45) is 0 Å². The second-order valence-electron chi connectivity index (χ2n) is 5.56. The Morgan fingerprint density at radius 1 is 1.11 bits per heavy atom. The van der Waals surface area contributed by atoms with Crippen molar-refractivity contribution < 1.29 is 9.53 Å². The van der Waals surface area contributed by atoms with Crippen LogP contribution in [0.15, 0.2) is 60.7 Å². The van der Waals surface area contributed by atoms with Crippen molar-refractivity contribution in [1.82, 2.24) is 19.8 Å². The lowest BCUT2D eigenvalue weighted by Gasteiger charge is -2.04. The van der Waals surface area contributed by atoms with E-state index in [1.165, 1.54) is 17.4 Å². The minimum Gasteiger partial charge on any atom is -0.496 e. The van der Waals surface area contributed by atoms with Crippen LogP contribution in [-0.4, -0.2) is 32.8 Å². The van der Waals surface area contributed by atoms with E-state index in [0.717, 1.165) is 11.1 Å². The molecule has 134 valence electrons. The molecular formula is C19H15N5O2S. The maximum Gasteiger partial charge on any atom is 0.250 e. The molecule has 2 heterocycles. The first-order valence-corrected chi connectivity index (χ1v) is 8.96. The van der Waals surface area contributed by atoms with E-state index in [1.807, 2.05) is 54.6 Å². The highest BCUT2D eigenvalue weighted by Crippen LogP contribution is 2.30. The van der Waals surface area contributed by atoms with Crippen molar-refractivity contribution >= 4 is 33.4 Å². The Hall–Kier alpha value is -3.52. The summed E-state index contributed by atoms with van der Waals surface area (Å²) in [6, 6.07) is 17.1. The number of benzene rings is 2. The Morgan fingerprint density at radius 2 is 1.89 bits per heavy atom. The summed E-state index contributed by atoms with van der Waals surface area (Å²) in [4.78, 5) is 12.7. The molecule has 0 atom stereocenters. The van der Waals surface area contributed by atoms with Gasteiger partial charge in [-0.05, 0) is 23.8 Å². The first kappa shape index (κ1) is 16.9. The summed E-state index contributed by atoms with van der Waals surface area (Å²) in [5.74, 6) is 0.970. The minimum absolute atomic E-state index is 0.261. The van der Waals surface area contributed by atoms with Crippen molar-refractivity contribution in [3.8, 4) is 17.1 Å². The Kier molecular flexibility index (Phi) is 4.63. The van der Waals surface area contributed by atoms with Gasteiger partial charge in [-0.2, -0.15) is 4.52 Å². The fourth-order valence-electron chi connectivity index (χ4n) is 2.55. The van der Waals surface area contributed by atoms with Crippen LogP contribution in [0.3, 0.4) is 0 Å². The number of methoxy groups -OCH3 is 1. The van der Waals surface area contributed by atoms with Gasteiger partial charge in [-0.15, -0.1) is 15.3 Å². The quantitative estimate of drug-likeness (QED) is 0.538. The van der Waals surface area contributed by atoms with Crippen LogP contribution in [0.5, 0.6) is 5.75 Å². The number of rotatable bonds is 5. The van der Waals surface area contributed by atoms with Gasteiger partial charge >= 0.3 is 0 Å². The molecule has 1 N–H and O–H groups in total. The highest BCUT2D eigenvalue weighted by molar-refractivity contribution is 7.20. The smallest absolute Gasteiger partial charge is 0.250 e. The third-order valence-electron chi connectivity index (χ3n) is 3.80. The fourth-order valence-corrected chi connectivity index (χ4v) is 3.29. The second kappa shape index (κ2) is 7.38. The number of anilines is 1. The summed E-state index contributed by atoms with van der Waals surface area (Å²) in [6.07, 6.45) is 3.22. The largest absolute Gasteiger partial charge is 0.496 e. The lowest BCUT2D eigenvalue weighted by molar-refractivity contribution is -0.111. The summed E-state index contributed by atoms with van der Waals surface area (Å²) < 4.78 is 6.98. The number of amides is 1. The van der Waals surface area contributed by atoms with E-state index >= 15 is 0 Å². The zero-order valence-corrected chi connectivity index (χ0v) is 15.2. The second-order valence-corrected chi connectivity index (χ2v) is 6.51. The topological polar surface area (TPSA) is 81.4 Å². The van der Waals surface area contributed by atoms with Crippen LogP contribution in [0.4, 0.5) is 5.13 Å². The Morgan fingerprint density at radius 3 is 2.70 bits per heavy atom. The van der Waals surface area contributed by atoms with Crippen molar-refractivity contribution in [2.45, 2.75) is 0 Å². The molecule has 0 radical (unpaired) electrons. The first-order chi connectivity index (χ1) is 13.2. The van der Waals surface area contributed by atoms with Gasteiger partial charge < -0.3 is 4.74 Å². The predicted molar refractivity (Wildman–Crippen MR) is 105 cm³/mol. The van der Waals surface area contributed by atoms with Crippen LogP contribution in [-0.2, 0) is 4.79 Å². The maximum atomic E-state index is 12.1. The van der Waals surface area contributed by atoms with Crippen LogP contribution < -0.4 is 10.1 Å². The molecule has 2 aromatic carbocycles. The average molecular weight is 377 g/mol. The molecule has 1 amide bonds. The van der Waals surface area contributed by atoms with E-state index in [2.05, 4.69) is 20.6 Å². The Balaban J connectivity index is 1.57. The first-order valence-electron chi connectivity index (χ1n) is 8.14. The van der Waals surface area contributed by atoms with Gasteiger partial charge in [0.15, 0.2) is 5.82 Å². The fraction of sp³-hybridized carbons (Fsp3) is 0.0526. The summed E-state index contributed by atoms with van der Waals surface area (Å²) >= 11 is 1.25. The van der Waals surface area contributed by atoms with Gasteiger partial charge in [0.05, 0.1) is 12.7 Å². The van der Waals surface area contributed by atoms with Crippen LogP contribution in [0, 0.1) is 0 Å². The van der Waals surface area contributed by atoms with Crippen LogP contribution in [0.1, 0.15) is 5.56 Å². The number of hydrogen-bond acceptors (Lipinski definition) is 6. The van der Waals surface area contributed by atoms with Crippen molar-refractivity contribution in [3.63, 3.8) is 0 Å². The molecule has 0 saturated carbocycles. The highest BCUT2D eigenvalue weighted by atomic mass is 32.1. The van der Waals surface area contributed by atoms with E-state index in [4.69, 9.17) is 4.74 Å². The molecule has 4 aromatic rings. The number of fused-ring (bicyclic) bond motifs is 1. The number of nitrogens with zero attached hydrogens (tertiary/aromatic N) is 4. The van der Waals surface area contributed by atoms with Crippen LogP contribution in [0.25, 0.3) is 22.4 Å². The Bertz CT molecular complexity index is 1120. The summed E-state index contributed by atoms with van der Waals surface area (Å²) in [5, 5.41) is 15.9. The molecule has 0 bridgehead atoms. The van der Waals surface area contributed by atoms with Gasteiger partial charge in [-0.25, -0.2) is 0 Å². The third-order valence-corrected chi connectivity index (χ3v) is 4.61. The third kappa shape index (κ3) is 3.56. The normalized spacial score (nSPS) is 11.1. The predicted octanol–water partition coefficient (Wildman–Crippen LogP) is 3.51. The van der Waals surface area contributed by atoms with Crippen LogP contribution in [0.2, 0.25) is 0 Å². The molecule has 0 aliphatic carbocycles. The average Bonchev–Trinajstić information content (AvgIpc) is 3.27.